The van der Waals surface area contributed by atoms with Crippen molar-refractivity contribution in [3.05, 3.63) is 120 Å². The third-order valence-corrected chi connectivity index (χ3v) is 4.91. The van der Waals surface area contributed by atoms with E-state index in [0.29, 0.717) is 5.84 Å². The summed E-state index contributed by atoms with van der Waals surface area (Å²) in [5.41, 5.74) is 12.6. The third-order valence-electron chi connectivity index (χ3n) is 4.91. The molecule has 4 aromatic rings. The summed E-state index contributed by atoms with van der Waals surface area (Å²) >= 11 is 0. The normalized spacial score (nSPS) is 11.6. The molecule has 29 heavy (non-hydrogen) atoms. The number of rotatable bonds is 5. The van der Waals surface area contributed by atoms with E-state index >= 15 is 0 Å². The zero-order valence-electron chi connectivity index (χ0n) is 16.0. The van der Waals surface area contributed by atoms with Gasteiger partial charge in [-0.2, -0.15) is 0 Å². The fourth-order valence-corrected chi connectivity index (χ4v) is 3.35. The van der Waals surface area contributed by atoms with Crippen LogP contribution in [0.5, 0.6) is 0 Å². The maximum atomic E-state index is 8.50. The quantitative estimate of drug-likeness (QED) is 0.241. The summed E-state index contributed by atoms with van der Waals surface area (Å²) in [6.45, 7) is 0. The van der Waals surface area contributed by atoms with Gasteiger partial charge in [-0.1, -0.05) is 97.1 Å². The van der Waals surface area contributed by atoms with Gasteiger partial charge < -0.3 is 11.1 Å². The number of benzene rings is 4. The third kappa shape index (κ3) is 4.42. The second-order valence-corrected chi connectivity index (χ2v) is 6.94. The number of amidine groups is 1. The molecule has 0 aliphatic rings. The molecule has 0 aliphatic carbocycles. The number of nitrogens with two attached hydrogens (primary N) is 1. The number of hydrogen-bond donors (Lipinski definition) is 3. The van der Waals surface area contributed by atoms with Crippen molar-refractivity contribution < 1.29 is 0 Å². The summed E-state index contributed by atoms with van der Waals surface area (Å²) in [5.74, 6) is 0.306. The molecule has 3 heteroatoms. The minimum atomic E-state index is -0.466. The Hall–Kier alpha value is -3.69. The van der Waals surface area contributed by atoms with Gasteiger partial charge in [-0.05, 0) is 39.9 Å². The summed E-state index contributed by atoms with van der Waals surface area (Å²) in [6, 6.07) is 36.5. The lowest BCUT2D eigenvalue weighted by Crippen LogP contribution is -2.34. The van der Waals surface area contributed by atoms with Crippen LogP contribution in [0.1, 0.15) is 17.3 Å². The van der Waals surface area contributed by atoms with Crippen molar-refractivity contribution in [1.82, 2.24) is 5.32 Å². The Morgan fingerprint density at radius 1 is 0.621 bits per heavy atom. The molecule has 1 unspecified atom stereocenters. The van der Waals surface area contributed by atoms with Gasteiger partial charge in [0.25, 0.3) is 0 Å². The molecule has 4 aromatic carbocycles. The van der Waals surface area contributed by atoms with Crippen molar-refractivity contribution in [2.24, 2.45) is 5.73 Å². The molecule has 0 fully saturated rings. The van der Waals surface area contributed by atoms with Crippen molar-refractivity contribution in [1.29, 1.82) is 5.41 Å². The van der Waals surface area contributed by atoms with Crippen molar-refractivity contribution in [2.45, 2.75) is 6.17 Å². The van der Waals surface area contributed by atoms with Crippen LogP contribution in [-0.2, 0) is 0 Å². The molecule has 0 spiro atoms. The Morgan fingerprint density at radius 2 is 1.14 bits per heavy atom. The smallest absolute Gasteiger partial charge is 0.126 e. The first kappa shape index (κ1) is 18.7. The van der Waals surface area contributed by atoms with E-state index in [1.807, 2.05) is 66.7 Å². The first-order valence-electron chi connectivity index (χ1n) is 9.62. The van der Waals surface area contributed by atoms with E-state index < -0.39 is 6.17 Å². The van der Waals surface area contributed by atoms with Gasteiger partial charge >= 0.3 is 0 Å². The second kappa shape index (κ2) is 8.55. The zero-order chi connectivity index (χ0) is 20.1. The Kier molecular flexibility index (Phi) is 5.50. The molecule has 0 amide bonds. The maximum absolute atomic E-state index is 8.50. The molecule has 4 rings (SSSR count). The topological polar surface area (TPSA) is 61.9 Å². The standard InChI is InChI=1S/C26H23N3/c27-25(23-15-7-13-21(17-23)19-9-3-1-4-10-19)29-26(28)24-16-8-14-22(18-24)20-11-5-2-6-12-20/h1-18,25H,27H2,(H2,28,29). The van der Waals surface area contributed by atoms with Gasteiger partial charge in [0.1, 0.15) is 12.0 Å². The van der Waals surface area contributed by atoms with Gasteiger partial charge in [-0.3, -0.25) is 5.41 Å². The summed E-state index contributed by atoms with van der Waals surface area (Å²) in [4.78, 5) is 0. The van der Waals surface area contributed by atoms with E-state index in [-0.39, 0.29) is 0 Å². The van der Waals surface area contributed by atoms with Gasteiger partial charge in [0.2, 0.25) is 0 Å². The summed E-state index contributed by atoms with van der Waals surface area (Å²) < 4.78 is 0. The Balaban J connectivity index is 1.52. The Labute approximate surface area is 171 Å². The summed E-state index contributed by atoms with van der Waals surface area (Å²) in [7, 11) is 0. The first-order valence-corrected chi connectivity index (χ1v) is 9.62. The van der Waals surface area contributed by atoms with Crippen LogP contribution in [-0.4, -0.2) is 5.84 Å². The van der Waals surface area contributed by atoms with Gasteiger partial charge in [0, 0.05) is 5.56 Å². The first-order chi connectivity index (χ1) is 14.2. The van der Waals surface area contributed by atoms with E-state index in [0.717, 1.165) is 33.4 Å². The molecular weight excluding hydrogens is 354 g/mol. The highest BCUT2D eigenvalue weighted by Crippen LogP contribution is 2.23. The lowest BCUT2D eigenvalue weighted by atomic mass is 10.0. The van der Waals surface area contributed by atoms with Crippen LogP contribution in [0.15, 0.2) is 109 Å². The van der Waals surface area contributed by atoms with Crippen LogP contribution < -0.4 is 11.1 Å². The van der Waals surface area contributed by atoms with Crippen molar-refractivity contribution in [3.63, 3.8) is 0 Å². The van der Waals surface area contributed by atoms with Gasteiger partial charge in [-0.25, -0.2) is 0 Å². The minimum Gasteiger partial charge on any atom is -0.351 e. The number of hydrogen-bond acceptors (Lipinski definition) is 2. The molecule has 0 radical (unpaired) electrons. The highest BCUT2D eigenvalue weighted by Gasteiger charge is 2.11. The average Bonchev–Trinajstić information content (AvgIpc) is 2.80. The van der Waals surface area contributed by atoms with Crippen LogP contribution in [0.4, 0.5) is 0 Å². The molecule has 3 nitrogen and oxygen atoms in total. The van der Waals surface area contributed by atoms with E-state index in [1.54, 1.807) is 0 Å². The predicted octanol–water partition coefficient (Wildman–Crippen LogP) is 5.59. The van der Waals surface area contributed by atoms with Crippen molar-refractivity contribution in [3.8, 4) is 22.3 Å². The fraction of sp³-hybridized carbons (Fsp3) is 0.0385. The molecule has 0 aliphatic heterocycles. The van der Waals surface area contributed by atoms with Gasteiger partial charge in [-0.15, -0.1) is 0 Å². The SMILES string of the molecule is N=C(NC(N)c1cccc(-c2ccccc2)c1)c1cccc(-c2ccccc2)c1. The second-order valence-electron chi connectivity index (χ2n) is 6.94. The Bertz CT molecular complexity index is 1100. The molecule has 0 saturated carbocycles. The molecule has 1 atom stereocenters. The molecule has 0 aromatic heterocycles. The zero-order valence-corrected chi connectivity index (χ0v) is 16.0. The monoisotopic (exact) mass is 377 g/mol. The van der Waals surface area contributed by atoms with Gasteiger partial charge in [0.15, 0.2) is 0 Å². The van der Waals surface area contributed by atoms with Gasteiger partial charge in [0.05, 0.1) is 0 Å². The lowest BCUT2D eigenvalue weighted by molar-refractivity contribution is 0.679. The summed E-state index contributed by atoms with van der Waals surface area (Å²) in [6.07, 6.45) is -0.466. The van der Waals surface area contributed by atoms with E-state index in [9.17, 15) is 0 Å². The van der Waals surface area contributed by atoms with Crippen LogP contribution in [0.2, 0.25) is 0 Å². The van der Waals surface area contributed by atoms with Crippen LogP contribution in [0.25, 0.3) is 22.3 Å². The maximum Gasteiger partial charge on any atom is 0.126 e. The van der Waals surface area contributed by atoms with Crippen LogP contribution >= 0.6 is 0 Å². The van der Waals surface area contributed by atoms with Crippen LogP contribution in [0, 0.1) is 5.41 Å². The van der Waals surface area contributed by atoms with Crippen molar-refractivity contribution in [2.75, 3.05) is 0 Å². The largest absolute Gasteiger partial charge is 0.351 e. The Morgan fingerprint density at radius 3 is 1.76 bits per heavy atom. The van der Waals surface area contributed by atoms with E-state index in [1.165, 1.54) is 0 Å². The average molecular weight is 377 g/mol. The highest BCUT2D eigenvalue weighted by molar-refractivity contribution is 5.97. The van der Waals surface area contributed by atoms with E-state index in [2.05, 4.69) is 47.8 Å². The lowest BCUT2D eigenvalue weighted by Gasteiger charge is -2.18. The molecular formula is C26H23N3. The number of nitrogens with one attached hydrogen (secondary N) is 2. The predicted molar refractivity (Wildman–Crippen MR) is 121 cm³/mol. The fourth-order valence-electron chi connectivity index (χ4n) is 3.35. The molecule has 142 valence electrons. The van der Waals surface area contributed by atoms with Crippen molar-refractivity contribution >= 4 is 5.84 Å². The molecule has 4 N–H and O–H groups in total. The minimum absolute atomic E-state index is 0.306. The summed E-state index contributed by atoms with van der Waals surface area (Å²) in [5, 5.41) is 11.6. The molecule has 0 bridgehead atoms. The highest BCUT2D eigenvalue weighted by atomic mass is 15.1. The molecule has 0 heterocycles. The van der Waals surface area contributed by atoms with E-state index in [4.69, 9.17) is 11.1 Å². The molecule has 0 saturated heterocycles. The van der Waals surface area contributed by atoms with Crippen LogP contribution in [0.3, 0.4) is 0 Å².